The summed E-state index contributed by atoms with van der Waals surface area (Å²) in [4.78, 5) is 37.4. The normalized spacial score (nSPS) is 25.9. The highest BCUT2D eigenvalue weighted by molar-refractivity contribution is 5.84. The Morgan fingerprint density at radius 2 is 2.28 bits per heavy atom. The fourth-order valence-electron chi connectivity index (χ4n) is 4.75. The average molecular weight is 397 g/mol. The lowest BCUT2D eigenvalue weighted by molar-refractivity contribution is -0.181. The molecule has 0 aliphatic carbocycles. The van der Waals surface area contributed by atoms with E-state index in [0.29, 0.717) is 57.0 Å². The van der Waals surface area contributed by atoms with E-state index in [0.717, 1.165) is 18.5 Å². The lowest BCUT2D eigenvalue weighted by Crippen LogP contribution is -2.56. The maximum Gasteiger partial charge on any atom is 0.227 e. The molecule has 5 rings (SSSR count). The van der Waals surface area contributed by atoms with Crippen molar-refractivity contribution in [2.75, 3.05) is 19.7 Å². The van der Waals surface area contributed by atoms with Gasteiger partial charge in [0.25, 0.3) is 0 Å². The van der Waals surface area contributed by atoms with Gasteiger partial charge in [0.05, 0.1) is 19.1 Å². The minimum Gasteiger partial charge on any atom is -0.353 e. The Morgan fingerprint density at radius 3 is 3.14 bits per heavy atom. The lowest BCUT2D eigenvalue weighted by Gasteiger charge is -2.42. The Morgan fingerprint density at radius 1 is 1.34 bits per heavy atom. The SMILES string of the molecule is O=C(CCCc1nc(-c2cccnc2)no1)N1CC[C@@]23OCCCN2C(=O)C[C@@H]13. The van der Waals surface area contributed by atoms with Crippen LogP contribution in [0.25, 0.3) is 11.4 Å². The molecule has 2 aromatic heterocycles. The first kappa shape index (κ1) is 18.2. The van der Waals surface area contributed by atoms with E-state index in [-0.39, 0.29) is 17.9 Å². The molecule has 3 aliphatic heterocycles. The average Bonchev–Trinajstić information content (AvgIpc) is 3.42. The monoisotopic (exact) mass is 397 g/mol. The molecule has 9 heteroatoms. The molecule has 2 aromatic rings. The third-order valence-corrected chi connectivity index (χ3v) is 6.10. The molecule has 9 nitrogen and oxygen atoms in total. The summed E-state index contributed by atoms with van der Waals surface area (Å²) >= 11 is 0. The zero-order chi connectivity index (χ0) is 19.8. The molecule has 0 unspecified atom stereocenters. The van der Waals surface area contributed by atoms with Gasteiger partial charge in [-0.1, -0.05) is 5.16 Å². The van der Waals surface area contributed by atoms with E-state index in [1.807, 2.05) is 21.9 Å². The standard InChI is InChI=1S/C20H23N5O4/c26-17(6-1-5-16-22-19(23-29-16)14-4-2-8-21-13-14)24-10-7-20-15(24)12-18(27)25(20)9-3-11-28-20/h2,4,8,13,15H,1,3,5-7,9-12H2/t15-,20+/m1/s1. The summed E-state index contributed by atoms with van der Waals surface area (Å²) in [7, 11) is 0. The fourth-order valence-corrected chi connectivity index (χ4v) is 4.75. The van der Waals surface area contributed by atoms with Crippen LogP contribution in [0, 0.1) is 0 Å². The van der Waals surface area contributed by atoms with Gasteiger partial charge in [-0.3, -0.25) is 14.6 Å². The molecule has 0 saturated carbocycles. The maximum absolute atomic E-state index is 12.8. The van der Waals surface area contributed by atoms with E-state index in [4.69, 9.17) is 9.26 Å². The predicted molar refractivity (Wildman–Crippen MR) is 100 cm³/mol. The minimum absolute atomic E-state index is 0.0581. The molecule has 0 radical (unpaired) electrons. The van der Waals surface area contributed by atoms with Gasteiger partial charge in [0.15, 0.2) is 5.72 Å². The number of aromatic nitrogens is 3. The Kier molecular flexibility index (Phi) is 4.54. The highest BCUT2D eigenvalue weighted by atomic mass is 16.5. The van der Waals surface area contributed by atoms with Crippen molar-refractivity contribution in [3.63, 3.8) is 0 Å². The molecule has 2 amide bonds. The number of carbonyl (C=O) groups excluding carboxylic acids is 2. The first-order valence-corrected chi connectivity index (χ1v) is 10.1. The van der Waals surface area contributed by atoms with Gasteiger partial charge in [-0.25, -0.2) is 0 Å². The summed E-state index contributed by atoms with van der Waals surface area (Å²) in [6.45, 7) is 2.02. The maximum atomic E-state index is 12.8. The van der Waals surface area contributed by atoms with Crippen LogP contribution in [0.1, 0.15) is 38.0 Å². The molecule has 0 N–H and O–H groups in total. The van der Waals surface area contributed by atoms with Crippen molar-refractivity contribution in [1.82, 2.24) is 24.9 Å². The third-order valence-electron chi connectivity index (χ3n) is 6.10. The first-order valence-electron chi connectivity index (χ1n) is 10.1. The van der Waals surface area contributed by atoms with Crippen molar-refractivity contribution in [3.05, 3.63) is 30.4 Å². The van der Waals surface area contributed by atoms with Crippen molar-refractivity contribution < 1.29 is 18.8 Å². The van der Waals surface area contributed by atoms with Gasteiger partial charge in [-0.2, -0.15) is 4.98 Å². The third kappa shape index (κ3) is 3.09. The van der Waals surface area contributed by atoms with E-state index < -0.39 is 5.72 Å². The molecule has 152 valence electrons. The van der Waals surface area contributed by atoms with Gasteiger partial charge >= 0.3 is 0 Å². The Hall–Kier alpha value is -2.81. The van der Waals surface area contributed by atoms with Gasteiger partial charge in [0, 0.05) is 50.3 Å². The number of likely N-dealkylation sites (tertiary alicyclic amines) is 1. The molecule has 0 bridgehead atoms. The predicted octanol–water partition coefficient (Wildman–Crippen LogP) is 1.40. The van der Waals surface area contributed by atoms with Gasteiger partial charge in [0.2, 0.25) is 23.5 Å². The largest absolute Gasteiger partial charge is 0.353 e. The number of hydrogen-bond acceptors (Lipinski definition) is 7. The summed E-state index contributed by atoms with van der Waals surface area (Å²) in [6.07, 6.45) is 6.82. The van der Waals surface area contributed by atoms with Crippen LogP contribution in [0.4, 0.5) is 0 Å². The molecule has 3 saturated heterocycles. The van der Waals surface area contributed by atoms with Gasteiger partial charge in [0.1, 0.15) is 0 Å². The lowest BCUT2D eigenvalue weighted by atomic mass is 10.0. The second-order valence-corrected chi connectivity index (χ2v) is 7.76. The highest BCUT2D eigenvalue weighted by Gasteiger charge is 2.61. The quantitative estimate of drug-likeness (QED) is 0.752. The molecule has 2 atom stereocenters. The summed E-state index contributed by atoms with van der Waals surface area (Å²) in [5.41, 5.74) is 0.208. The van der Waals surface area contributed by atoms with E-state index in [1.165, 1.54) is 0 Å². The highest BCUT2D eigenvalue weighted by Crippen LogP contribution is 2.45. The number of carbonyl (C=O) groups is 2. The van der Waals surface area contributed by atoms with Gasteiger partial charge in [-0.15, -0.1) is 0 Å². The Balaban J connectivity index is 1.18. The molecule has 3 aliphatic rings. The van der Waals surface area contributed by atoms with Gasteiger partial charge < -0.3 is 19.1 Å². The number of aryl methyl sites for hydroxylation is 1. The van der Waals surface area contributed by atoms with Crippen LogP contribution < -0.4 is 0 Å². The number of nitrogens with zero attached hydrogens (tertiary/aromatic N) is 5. The van der Waals surface area contributed by atoms with Crippen LogP contribution in [0.2, 0.25) is 0 Å². The second-order valence-electron chi connectivity index (χ2n) is 7.76. The number of ether oxygens (including phenoxy) is 1. The van der Waals surface area contributed by atoms with E-state index >= 15 is 0 Å². The van der Waals surface area contributed by atoms with Crippen LogP contribution in [0.5, 0.6) is 0 Å². The summed E-state index contributed by atoms with van der Waals surface area (Å²) in [6, 6.07) is 3.52. The fraction of sp³-hybridized carbons (Fsp3) is 0.550. The zero-order valence-electron chi connectivity index (χ0n) is 16.1. The smallest absolute Gasteiger partial charge is 0.227 e. The molecular formula is C20H23N5O4. The van der Waals surface area contributed by atoms with Crippen LogP contribution in [0.15, 0.2) is 29.0 Å². The van der Waals surface area contributed by atoms with E-state index in [2.05, 4.69) is 15.1 Å². The molecule has 3 fully saturated rings. The zero-order valence-corrected chi connectivity index (χ0v) is 16.1. The van der Waals surface area contributed by atoms with Gasteiger partial charge in [-0.05, 0) is 25.0 Å². The van der Waals surface area contributed by atoms with Crippen LogP contribution in [-0.4, -0.2) is 68.2 Å². The summed E-state index contributed by atoms with van der Waals surface area (Å²) in [5, 5.41) is 3.98. The molecular weight excluding hydrogens is 374 g/mol. The van der Waals surface area contributed by atoms with Crippen molar-refractivity contribution >= 4 is 11.8 Å². The molecule has 5 heterocycles. The molecule has 29 heavy (non-hydrogen) atoms. The number of rotatable bonds is 5. The molecule has 1 spiro atoms. The molecule has 0 aromatic carbocycles. The minimum atomic E-state index is -0.587. The topological polar surface area (TPSA) is 102 Å². The number of amides is 2. The Labute approximate surface area is 168 Å². The van der Waals surface area contributed by atoms with Crippen LogP contribution in [0.3, 0.4) is 0 Å². The number of hydrogen-bond donors (Lipinski definition) is 0. The van der Waals surface area contributed by atoms with Crippen molar-refractivity contribution in [2.45, 2.75) is 50.3 Å². The van der Waals surface area contributed by atoms with E-state index in [1.54, 1.807) is 12.4 Å². The van der Waals surface area contributed by atoms with E-state index in [9.17, 15) is 9.59 Å². The summed E-state index contributed by atoms with van der Waals surface area (Å²) in [5.74, 6) is 1.16. The van der Waals surface area contributed by atoms with Crippen LogP contribution in [-0.2, 0) is 20.7 Å². The second kappa shape index (κ2) is 7.22. The summed E-state index contributed by atoms with van der Waals surface area (Å²) < 4.78 is 11.3. The van der Waals surface area contributed by atoms with Crippen molar-refractivity contribution in [1.29, 1.82) is 0 Å². The van der Waals surface area contributed by atoms with Crippen molar-refractivity contribution in [3.8, 4) is 11.4 Å². The van der Waals surface area contributed by atoms with Crippen LogP contribution >= 0.6 is 0 Å². The first-order chi connectivity index (χ1) is 14.2. The number of pyridine rings is 1. The van der Waals surface area contributed by atoms with Crippen molar-refractivity contribution in [2.24, 2.45) is 0 Å². The Bertz CT molecular complexity index is 917.